The lowest BCUT2D eigenvalue weighted by Gasteiger charge is -2.37. The van der Waals surface area contributed by atoms with Gasteiger partial charge in [-0.1, -0.05) is 91.0 Å². The minimum Gasteiger partial charge on any atom is -0.550 e. The summed E-state index contributed by atoms with van der Waals surface area (Å²) in [6.45, 7) is 0.972. The number of carboxylic acids is 1. The maximum absolute atomic E-state index is 8.89. The lowest BCUT2D eigenvalue weighted by molar-refractivity contribution is -0.302. The van der Waals surface area contributed by atoms with Gasteiger partial charge in [0.25, 0.3) is 0 Å². The third kappa shape index (κ3) is 3.86. The maximum Gasteiger partial charge on any atom is 0.121 e. The quantitative estimate of drug-likeness (QED) is 0.518. The molecule has 140 valence electrons. The first-order valence-corrected chi connectivity index (χ1v) is 8.98. The van der Waals surface area contributed by atoms with Crippen LogP contribution in [0.15, 0.2) is 110 Å². The van der Waals surface area contributed by atoms with E-state index in [-0.39, 0.29) is 0 Å². The third-order valence-electron chi connectivity index (χ3n) is 4.47. The first kappa shape index (κ1) is 19.1. The van der Waals surface area contributed by atoms with Crippen LogP contribution in [0.3, 0.4) is 0 Å². The molecule has 0 bridgehead atoms. The van der Waals surface area contributed by atoms with Crippen molar-refractivity contribution in [1.29, 1.82) is 0 Å². The molecule has 4 rings (SSSR count). The highest BCUT2D eigenvalue weighted by Crippen LogP contribution is 2.40. The van der Waals surface area contributed by atoms with Crippen LogP contribution in [0.2, 0.25) is 0 Å². The van der Waals surface area contributed by atoms with E-state index in [0.717, 1.165) is 6.92 Å². The average Bonchev–Trinajstić information content (AvgIpc) is 3.26. The van der Waals surface area contributed by atoms with Gasteiger partial charge in [0.2, 0.25) is 0 Å². The number of aliphatic carboxylic acids is 1. The third-order valence-corrected chi connectivity index (χ3v) is 4.47. The van der Waals surface area contributed by atoms with Crippen LogP contribution in [0.4, 0.5) is 0 Å². The number of carboxylic acid groups (broad SMARTS) is 1. The van der Waals surface area contributed by atoms with Crippen LogP contribution in [-0.4, -0.2) is 15.5 Å². The van der Waals surface area contributed by atoms with Gasteiger partial charge in [0.05, 0.1) is 6.33 Å². The van der Waals surface area contributed by atoms with Gasteiger partial charge in [0.15, 0.2) is 0 Å². The lowest BCUT2D eigenvalue weighted by Crippen LogP contribution is -2.36. The summed E-state index contributed by atoms with van der Waals surface area (Å²) in [6, 6.07) is 31.8. The molecular weight excluding hydrogens is 348 g/mol. The summed E-state index contributed by atoms with van der Waals surface area (Å²) >= 11 is 0. The van der Waals surface area contributed by atoms with Crippen molar-refractivity contribution in [2.24, 2.45) is 0 Å². The molecule has 0 N–H and O–H groups in total. The van der Waals surface area contributed by atoms with E-state index in [1.54, 1.807) is 0 Å². The predicted molar refractivity (Wildman–Crippen MR) is 108 cm³/mol. The first-order chi connectivity index (χ1) is 13.7. The second-order valence-corrected chi connectivity index (χ2v) is 6.27. The van der Waals surface area contributed by atoms with Gasteiger partial charge in [-0.25, -0.2) is 4.98 Å². The number of rotatable bonds is 4. The molecule has 28 heavy (non-hydrogen) atoms. The van der Waals surface area contributed by atoms with E-state index in [9.17, 15) is 0 Å². The van der Waals surface area contributed by atoms with E-state index in [4.69, 9.17) is 9.90 Å². The van der Waals surface area contributed by atoms with E-state index in [1.165, 1.54) is 16.7 Å². The van der Waals surface area contributed by atoms with E-state index in [2.05, 4.69) is 101 Å². The number of hydrogen-bond donors (Lipinski definition) is 0. The van der Waals surface area contributed by atoms with E-state index < -0.39 is 11.5 Å². The number of hydrogen-bond acceptors (Lipinski definition) is 3. The van der Waals surface area contributed by atoms with E-state index in [0.29, 0.717) is 0 Å². The zero-order valence-corrected chi connectivity index (χ0v) is 15.6. The van der Waals surface area contributed by atoms with Gasteiger partial charge in [-0.3, -0.25) is 0 Å². The molecule has 0 radical (unpaired) electrons. The molecule has 0 atom stereocenters. The lowest BCUT2D eigenvalue weighted by atomic mass is 9.77. The Labute approximate surface area is 164 Å². The molecule has 0 unspecified atom stereocenters. The normalized spacial score (nSPS) is 10.6. The molecule has 0 spiro atoms. The molecular formula is C24H21N2O2-. The summed E-state index contributed by atoms with van der Waals surface area (Å²) in [5.74, 6) is -1.08. The Morgan fingerprint density at radius 1 is 0.786 bits per heavy atom. The van der Waals surface area contributed by atoms with Crippen LogP contribution >= 0.6 is 0 Å². The van der Waals surface area contributed by atoms with Crippen LogP contribution in [0.1, 0.15) is 23.6 Å². The fourth-order valence-electron chi connectivity index (χ4n) is 3.44. The van der Waals surface area contributed by atoms with Gasteiger partial charge in [-0.2, -0.15) is 0 Å². The van der Waals surface area contributed by atoms with Crippen molar-refractivity contribution in [3.8, 4) is 0 Å². The van der Waals surface area contributed by atoms with Crippen LogP contribution in [0.25, 0.3) is 0 Å². The van der Waals surface area contributed by atoms with Crippen LogP contribution in [0.5, 0.6) is 0 Å². The van der Waals surface area contributed by atoms with Crippen molar-refractivity contribution in [3.63, 3.8) is 0 Å². The Hall–Kier alpha value is -3.66. The van der Waals surface area contributed by atoms with Gasteiger partial charge in [0.1, 0.15) is 5.54 Å². The molecule has 0 amide bonds. The number of carbonyl (C=O) groups is 1. The van der Waals surface area contributed by atoms with E-state index >= 15 is 0 Å². The highest BCUT2D eigenvalue weighted by atomic mass is 16.4. The zero-order valence-electron chi connectivity index (χ0n) is 15.6. The fraction of sp³-hybridized carbons (Fsp3) is 0.0833. The van der Waals surface area contributed by atoms with Crippen molar-refractivity contribution in [2.45, 2.75) is 12.5 Å². The highest BCUT2D eigenvalue weighted by Gasteiger charge is 2.37. The van der Waals surface area contributed by atoms with Crippen molar-refractivity contribution >= 4 is 5.97 Å². The topological polar surface area (TPSA) is 57.9 Å². The minimum atomic E-state index is -1.08. The van der Waals surface area contributed by atoms with Crippen molar-refractivity contribution in [1.82, 2.24) is 9.55 Å². The van der Waals surface area contributed by atoms with Gasteiger partial charge in [0, 0.05) is 18.4 Å². The Morgan fingerprint density at radius 3 is 1.43 bits per heavy atom. The highest BCUT2D eigenvalue weighted by molar-refractivity contribution is 5.60. The molecule has 0 aliphatic carbocycles. The number of carbonyl (C=O) groups excluding carboxylic acids is 1. The van der Waals surface area contributed by atoms with Gasteiger partial charge < -0.3 is 14.5 Å². The Bertz CT molecular complexity index is 882. The summed E-state index contributed by atoms with van der Waals surface area (Å²) in [7, 11) is 0. The molecule has 4 heteroatoms. The molecule has 4 nitrogen and oxygen atoms in total. The predicted octanol–water partition coefficient (Wildman–Crippen LogP) is 3.48. The Kier molecular flexibility index (Phi) is 6.02. The largest absolute Gasteiger partial charge is 0.550 e. The van der Waals surface area contributed by atoms with Gasteiger partial charge >= 0.3 is 0 Å². The number of benzene rings is 3. The fourth-order valence-corrected chi connectivity index (χ4v) is 3.44. The Morgan fingerprint density at radius 2 is 1.14 bits per heavy atom. The molecule has 1 aromatic heterocycles. The first-order valence-electron chi connectivity index (χ1n) is 8.98. The zero-order chi connectivity index (χ0) is 19.8. The molecule has 0 fully saturated rings. The molecule has 0 saturated carbocycles. The molecule has 0 saturated heterocycles. The van der Waals surface area contributed by atoms with Crippen LogP contribution in [-0.2, 0) is 10.3 Å². The second-order valence-electron chi connectivity index (χ2n) is 6.27. The average molecular weight is 369 g/mol. The smallest absolute Gasteiger partial charge is 0.121 e. The summed E-state index contributed by atoms with van der Waals surface area (Å²) < 4.78 is 2.19. The second kappa shape index (κ2) is 8.82. The summed E-state index contributed by atoms with van der Waals surface area (Å²) in [5, 5.41) is 8.89. The summed E-state index contributed by atoms with van der Waals surface area (Å²) in [5.41, 5.74) is 3.18. The molecule has 3 aromatic carbocycles. The van der Waals surface area contributed by atoms with Gasteiger partial charge in [-0.05, 0) is 23.6 Å². The van der Waals surface area contributed by atoms with Crippen molar-refractivity contribution in [2.75, 3.05) is 0 Å². The number of aromatic nitrogens is 2. The standard InChI is InChI=1S/C22H18N2.C2H4O2/c1-4-10-19(11-5-1)22(24-17-16-23-18-24,20-12-6-2-7-13-20)21-14-8-3-9-15-21;1-2(3)4/h1-18H;1H3,(H,3,4)/p-1. The molecule has 0 aliphatic rings. The monoisotopic (exact) mass is 369 g/mol. The molecule has 0 aliphatic heterocycles. The number of nitrogens with zero attached hydrogens (tertiary/aromatic N) is 2. The van der Waals surface area contributed by atoms with Crippen molar-refractivity contribution in [3.05, 3.63) is 126 Å². The van der Waals surface area contributed by atoms with Crippen molar-refractivity contribution < 1.29 is 9.90 Å². The SMILES string of the molecule is CC(=O)[O-].c1ccc(C(c2ccccc2)(c2ccccc2)n2ccnc2)cc1. The molecule has 1 heterocycles. The number of imidazole rings is 1. The summed E-state index contributed by atoms with van der Waals surface area (Å²) in [6.07, 6.45) is 5.77. The van der Waals surface area contributed by atoms with Gasteiger partial charge in [-0.15, -0.1) is 0 Å². The van der Waals surface area contributed by atoms with Crippen LogP contribution < -0.4 is 5.11 Å². The summed E-state index contributed by atoms with van der Waals surface area (Å²) in [4.78, 5) is 13.2. The maximum atomic E-state index is 8.89. The van der Waals surface area contributed by atoms with E-state index in [1.807, 2.05) is 18.7 Å². The minimum absolute atomic E-state index is 0.444. The Balaban J connectivity index is 0.000000516. The molecule has 4 aromatic rings. The van der Waals surface area contributed by atoms with Crippen LogP contribution in [0, 0.1) is 0 Å².